The van der Waals surface area contributed by atoms with E-state index in [0.29, 0.717) is 0 Å². The molecule has 74 valence electrons. The minimum atomic E-state index is 1.25. The molecule has 0 aliphatic heterocycles. The Balaban J connectivity index is 2.40. The maximum atomic E-state index is 3.49. The third-order valence-corrected chi connectivity index (χ3v) is 2.72. The Bertz CT molecular complexity index is 178. The average molecular weight is 178 g/mol. The highest BCUT2D eigenvalue weighted by Gasteiger charge is 1.98. The van der Waals surface area contributed by atoms with E-state index in [9.17, 15) is 0 Å². The van der Waals surface area contributed by atoms with Gasteiger partial charge in [0.15, 0.2) is 0 Å². The molecule has 1 aliphatic rings. The molecule has 0 aromatic rings. The summed E-state index contributed by atoms with van der Waals surface area (Å²) in [6.07, 6.45) is 14.3. The van der Waals surface area contributed by atoms with E-state index in [1.807, 2.05) is 0 Å². The molecule has 0 unspecified atom stereocenters. The number of unbranched alkanes of at least 4 members (excludes halogenated alkanes) is 1. The first-order chi connectivity index (χ1) is 6.43. The number of rotatable bonds is 3. The summed E-state index contributed by atoms with van der Waals surface area (Å²) in [5.41, 5.74) is 5.06. The summed E-state index contributed by atoms with van der Waals surface area (Å²) in [4.78, 5) is 0. The van der Waals surface area contributed by atoms with Gasteiger partial charge in [0.05, 0.1) is 0 Å². The lowest BCUT2D eigenvalue weighted by Crippen LogP contribution is -1.83. The van der Waals surface area contributed by atoms with Crippen molar-refractivity contribution in [3.8, 4) is 0 Å². The first-order valence-electron chi connectivity index (χ1n) is 5.86. The molecule has 0 saturated carbocycles. The molecule has 0 saturated heterocycles. The van der Waals surface area contributed by atoms with Crippen molar-refractivity contribution in [1.82, 2.24) is 0 Å². The molecule has 13 heavy (non-hydrogen) atoms. The lowest BCUT2D eigenvalue weighted by atomic mass is 10.0. The molecule has 0 aromatic heterocycles. The van der Waals surface area contributed by atoms with Gasteiger partial charge in [-0.05, 0) is 50.2 Å². The summed E-state index contributed by atoms with van der Waals surface area (Å²) >= 11 is 0. The topological polar surface area (TPSA) is 0 Å². The smallest absolute Gasteiger partial charge is 0.0244 e. The van der Waals surface area contributed by atoms with Crippen LogP contribution in [-0.2, 0) is 0 Å². The van der Waals surface area contributed by atoms with Crippen molar-refractivity contribution in [2.75, 3.05) is 0 Å². The highest BCUT2D eigenvalue weighted by atomic mass is 14.0. The van der Waals surface area contributed by atoms with Crippen LogP contribution in [0.1, 0.15) is 64.7 Å². The summed E-state index contributed by atoms with van der Waals surface area (Å²) in [6, 6.07) is 0. The van der Waals surface area contributed by atoms with Crippen LogP contribution in [0, 0.1) is 0 Å². The van der Waals surface area contributed by atoms with Crippen LogP contribution in [-0.4, -0.2) is 0 Å². The maximum Gasteiger partial charge on any atom is -0.0244 e. The van der Waals surface area contributed by atoms with Crippen molar-refractivity contribution in [2.45, 2.75) is 64.7 Å². The zero-order valence-corrected chi connectivity index (χ0v) is 8.94. The molecular formula is C13H22. The van der Waals surface area contributed by atoms with Crippen molar-refractivity contribution in [3.63, 3.8) is 0 Å². The van der Waals surface area contributed by atoms with Gasteiger partial charge in [-0.2, -0.15) is 0 Å². The zero-order valence-electron chi connectivity index (χ0n) is 8.94. The Hall–Kier alpha value is -0.480. The first kappa shape index (κ1) is 10.6. The number of allylic oxidation sites excluding steroid dienone is 1. The molecule has 1 rings (SSSR count). The summed E-state index contributed by atoms with van der Waals surface area (Å²) in [7, 11) is 0. The van der Waals surface area contributed by atoms with Gasteiger partial charge >= 0.3 is 0 Å². The molecule has 0 atom stereocenters. The van der Waals surface area contributed by atoms with Crippen LogP contribution in [0.2, 0.25) is 0 Å². The lowest BCUT2D eigenvalue weighted by Gasteiger charge is -2.02. The molecule has 0 spiro atoms. The highest BCUT2D eigenvalue weighted by molar-refractivity contribution is 5.02. The SMILES string of the molecule is CCCCC1=C=CCCCCCC1. The molecule has 0 nitrogen and oxygen atoms in total. The van der Waals surface area contributed by atoms with Gasteiger partial charge in [-0.25, -0.2) is 0 Å². The van der Waals surface area contributed by atoms with Gasteiger partial charge in [0, 0.05) is 0 Å². The summed E-state index contributed by atoms with van der Waals surface area (Å²) in [6.45, 7) is 2.26. The van der Waals surface area contributed by atoms with Crippen LogP contribution in [0.3, 0.4) is 0 Å². The predicted octanol–water partition coefficient (Wildman–Crippen LogP) is 4.61. The van der Waals surface area contributed by atoms with E-state index in [2.05, 4.69) is 18.7 Å². The van der Waals surface area contributed by atoms with Gasteiger partial charge in [-0.1, -0.05) is 26.2 Å². The highest BCUT2D eigenvalue weighted by Crippen LogP contribution is 2.17. The molecule has 0 N–H and O–H groups in total. The molecule has 0 radical (unpaired) electrons. The van der Waals surface area contributed by atoms with E-state index in [1.54, 1.807) is 5.57 Å². The van der Waals surface area contributed by atoms with Crippen LogP contribution in [0.4, 0.5) is 0 Å². The Kier molecular flexibility index (Phi) is 5.69. The van der Waals surface area contributed by atoms with E-state index in [-0.39, 0.29) is 0 Å². The normalized spacial score (nSPS) is 18.7. The molecule has 0 heterocycles. The molecule has 0 bridgehead atoms. The zero-order chi connectivity index (χ0) is 9.36. The Morgan fingerprint density at radius 2 is 2.08 bits per heavy atom. The van der Waals surface area contributed by atoms with Crippen LogP contribution < -0.4 is 0 Å². The van der Waals surface area contributed by atoms with Crippen LogP contribution >= 0.6 is 0 Å². The maximum absolute atomic E-state index is 3.49. The standard InChI is InChI=1S/C13H22/c1-2-3-10-13-11-8-6-4-5-7-9-12-13/h8H,2-7,9-10,12H2,1H3. The monoisotopic (exact) mass is 178 g/mol. The quantitative estimate of drug-likeness (QED) is 0.553. The van der Waals surface area contributed by atoms with Crippen LogP contribution in [0.5, 0.6) is 0 Å². The summed E-state index contributed by atoms with van der Waals surface area (Å²) in [5, 5.41) is 0. The van der Waals surface area contributed by atoms with E-state index in [4.69, 9.17) is 0 Å². The Morgan fingerprint density at radius 3 is 2.92 bits per heavy atom. The minimum Gasteiger partial charge on any atom is -0.126 e. The third-order valence-electron chi connectivity index (χ3n) is 2.72. The van der Waals surface area contributed by atoms with Crippen molar-refractivity contribution >= 4 is 0 Å². The number of hydrogen-bond acceptors (Lipinski definition) is 0. The van der Waals surface area contributed by atoms with Crippen molar-refractivity contribution in [2.24, 2.45) is 0 Å². The van der Waals surface area contributed by atoms with E-state index in [0.717, 1.165) is 0 Å². The first-order valence-corrected chi connectivity index (χ1v) is 5.86. The molecule has 1 aliphatic carbocycles. The lowest BCUT2D eigenvalue weighted by molar-refractivity contribution is 0.637. The summed E-state index contributed by atoms with van der Waals surface area (Å²) in [5.74, 6) is 0. The molecule has 0 aromatic carbocycles. The third kappa shape index (κ3) is 4.95. The van der Waals surface area contributed by atoms with Crippen molar-refractivity contribution in [1.29, 1.82) is 0 Å². The van der Waals surface area contributed by atoms with Gasteiger partial charge in [0.25, 0.3) is 0 Å². The predicted molar refractivity (Wildman–Crippen MR) is 58.8 cm³/mol. The second-order valence-electron chi connectivity index (χ2n) is 4.01. The Labute approximate surface area is 82.7 Å². The fourth-order valence-corrected chi connectivity index (χ4v) is 1.81. The van der Waals surface area contributed by atoms with Crippen molar-refractivity contribution in [3.05, 3.63) is 17.4 Å². The van der Waals surface area contributed by atoms with Gasteiger partial charge < -0.3 is 0 Å². The van der Waals surface area contributed by atoms with Gasteiger partial charge in [0.2, 0.25) is 0 Å². The second kappa shape index (κ2) is 6.97. The van der Waals surface area contributed by atoms with Crippen molar-refractivity contribution < 1.29 is 0 Å². The fourth-order valence-electron chi connectivity index (χ4n) is 1.81. The van der Waals surface area contributed by atoms with Gasteiger partial charge in [0.1, 0.15) is 0 Å². The summed E-state index contributed by atoms with van der Waals surface area (Å²) < 4.78 is 0. The van der Waals surface area contributed by atoms with E-state index < -0.39 is 0 Å². The van der Waals surface area contributed by atoms with Crippen LogP contribution in [0.25, 0.3) is 0 Å². The van der Waals surface area contributed by atoms with Gasteiger partial charge in [-0.3, -0.25) is 0 Å². The second-order valence-corrected chi connectivity index (χ2v) is 4.01. The average Bonchev–Trinajstić information content (AvgIpc) is 2.28. The van der Waals surface area contributed by atoms with E-state index >= 15 is 0 Å². The molecular weight excluding hydrogens is 156 g/mol. The number of hydrogen-bond donors (Lipinski definition) is 0. The van der Waals surface area contributed by atoms with E-state index in [1.165, 1.54) is 57.8 Å². The molecule has 0 heteroatoms. The molecule has 0 amide bonds. The largest absolute Gasteiger partial charge is 0.126 e. The van der Waals surface area contributed by atoms with Crippen LogP contribution in [0.15, 0.2) is 17.4 Å². The fraction of sp³-hybridized carbons (Fsp3) is 0.769. The molecule has 0 fully saturated rings. The van der Waals surface area contributed by atoms with Gasteiger partial charge in [-0.15, -0.1) is 5.73 Å². The minimum absolute atomic E-state index is 1.25. The Morgan fingerprint density at radius 1 is 1.23 bits per heavy atom.